The molecular weight excluding hydrogens is 469 g/mol. The highest BCUT2D eigenvalue weighted by Crippen LogP contribution is 2.48. The van der Waals surface area contributed by atoms with E-state index < -0.39 is 7.14 Å². The lowest BCUT2D eigenvalue weighted by Gasteiger charge is -2.49. The van der Waals surface area contributed by atoms with Crippen LogP contribution in [0.2, 0.25) is 0 Å². The molecule has 2 aromatic heterocycles. The van der Waals surface area contributed by atoms with Crippen LogP contribution in [0, 0.1) is 11.3 Å². The van der Waals surface area contributed by atoms with Gasteiger partial charge in [0.2, 0.25) is 5.95 Å². The van der Waals surface area contributed by atoms with Gasteiger partial charge in [0.25, 0.3) is 0 Å². The van der Waals surface area contributed by atoms with Gasteiger partial charge in [0.05, 0.1) is 6.20 Å². The molecule has 186 valence electrons. The van der Waals surface area contributed by atoms with E-state index in [4.69, 9.17) is 0 Å². The number of pyridine rings is 1. The summed E-state index contributed by atoms with van der Waals surface area (Å²) >= 11 is 0. The third-order valence-electron chi connectivity index (χ3n) is 7.58. The first-order chi connectivity index (χ1) is 17.1. The summed E-state index contributed by atoms with van der Waals surface area (Å²) in [6.45, 7) is 8.97. The Kier molecular flexibility index (Phi) is 6.10. The molecule has 9 heteroatoms. The van der Waals surface area contributed by atoms with Crippen LogP contribution in [-0.2, 0) is 17.5 Å². The van der Waals surface area contributed by atoms with Crippen LogP contribution in [0.3, 0.4) is 0 Å². The van der Waals surface area contributed by atoms with Crippen LogP contribution < -0.4 is 16.1 Å². The lowest BCUT2D eigenvalue weighted by Crippen LogP contribution is -2.50. The van der Waals surface area contributed by atoms with Gasteiger partial charge in [-0.05, 0) is 94.4 Å². The zero-order valence-electron chi connectivity index (χ0n) is 21.5. The molecule has 0 fully saturated rings. The van der Waals surface area contributed by atoms with E-state index in [0.29, 0.717) is 34.5 Å². The van der Waals surface area contributed by atoms with Gasteiger partial charge < -0.3 is 15.2 Å². The minimum atomic E-state index is -2.52. The summed E-state index contributed by atoms with van der Waals surface area (Å²) in [5.41, 5.74) is 6.20. The van der Waals surface area contributed by atoms with Gasteiger partial charge in [-0.3, -0.25) is 4.90 Å². The average molecular weight is 502 g/mol. The van der Waals surface area contributed by atoms with E-state index in [-0.39, 0.29) is 5.54 Å². The van der Waals surface area contributed by atoms with Gasteiger partial charge in [-0.2, -0.15) is 10.2 Å². The van der Waals surface area contributed by atoms with E-state index in [1.54, 1.807) is 31.5 Å². The molecule has 0 unspecified atom stereocenters. The van der Waals surface area contributed by atoms with Crippen LogP contribution in [0.5, 0.6) is 0 Å². The third kappa shape index (κ3) is 4.50. The van der Waals surface area contributed by atoms with E-state index in [1.165, 1.54) is 35.7 Å². The Bertz CT molecular complexity index is 1420. The zero-order valence-corrected chi connectivity index (χ0v) is 22.4. The van der Waals surface area contributed by atoms with E-state index in [2.05, 4.69) is 69.6 Å². The molecule has 1 aromatic carbocycles. The lowest BCUT2D eigenvalue weighted by atomic mass is 9.68. The fourth-order valence-electron chi connectivity index (χ4n) is 5.37. The Morgan fingerprint density at radius 2 is 1.94 bits per heavy atom. The topological polar surface area (TPSA) is 107 Å². The molecule has 0 saturated heterocycles. The Morgan fingerprint density at radius 3 is 2.69 bits per heavy atom. The monoisotopic (exact) mass is 501 g/mol. The maximum absolute atomic E-state index is 12.5. The number of likely N-dealkylation sites (N-methyl/N-ethyl adjacent to an activating group) is 1. The highest BCUT2D eigenvalue weighted by molar-refractivity contribution is 7.69. The largest absolute Gasteiger partial charge is 0.324 e. The molecule has 2 N–H and O–H groups in total. The van der Waals surface area contributed by atoms with Crippen LogP contribution in [0.25, 0.3) is 0 Å². The summed E-state index contributed by atoms with van der Waals surface area (Å²) in [6.07, 6.45) is 4.99. The van der Waals surface area contributed by atoms with Crippen molar-refractivity contribution in [2.45, 2.75) is 51.1 Å². The fourth-order valence-corrected chi connectivity index (χ4v) is 6.16. The van der Waals surface area contributed by atoms with Gasteiger partial charge in [0.15, 0.2) is 5.82 Å². The Morgan fingerprint density at radius 1 is 1.17 bits per heavy atom. The van der Waals surface area contributed by atoms with Crippen molar-refractivity contribution in [1.29, 1.82) is 5.26 Å². The molecule has 1 aliphatic carbocycles. The predicted octanol–water partition coefficient (Wildman–Crippen LogP) is 5.12. The number of aryl methyl sites for hydroxylation is 1. The highest BCUT2D eigenvalue weighted by atomic mass is 31.2. The fraction of sp³-hybridized carbons (Fsp3) is 0.407. The predicted molar refractivity (Wildman–Crippen MR) is 144 cm³/mol. The summed E-state index contributed by atoms with van der Waals surface area (Å²) in [5, 5.41) is 16.1. The number of rotatable bonds is 5. The number of anilines is 4. The molecule has 0 amide bonds. The number of nitriles is 1. The van der Waals surface area contributed by atoms with Crippen molar-refractivity contribution >= 4 is 35.8 Å². The summed E-state index contributed by atoms with van der Waals surface area (Å²) in [4.78, 5) is 15.9. The molecule has 0 spiro atoms. The van der Waals surface area contributed by atoms with Gasteiger partial charge in [-0.1, -0.05) is 6.07 Å². The number of hydrogen-bond acceptors (Lipinski definition) is 8. The summed E-state index contributed by atoms with van der Waals surface area (Å²) < 4.78 is 12.5. The molecule has 0 saturated carbocycles. The van der Waals surface area contributed by atoms with Gasteiger partial charge in [-0.15, -0.1) is 0 Å². The normalized spacial score (nSPS) is 18.7. The van der Waals surface area contributed by atoms with Crippen LogP contribution in [0.15, 0.2) is 36.5 Å². The first-order valence-corrected chi connectivity index (χ1v) is 14.9. The maximum Gasteiger partial charge on any atom is 0.229 e. The third-order valence-corrected chi connectivity index (χ3v) is 8.93. The minimum absolute atomic E-state index is 0.141. The van der Waals surface area contributed by atoms with Crippen molar-refractivity contribution in [3.8, 4) is 6.07 Å². The summed E-state index contributed by atoms with van der Waals surface area (Å²) in [7, 11) is -0.312. The summed E-state index contributed by atoms with van der Waals surface area (Å²) in [6, 6.07) is 11.9. The van der Waals surface area contributed by atoms with Gasteiger partial charge >= 0.3 is 0 Å². The highest BCUT2D eigenvalue weighted by Gasteiger charge is 2.42. The number of hydrogen-bond donors (Lipinski definition) is 2. The first kappa shape index (κ1) is 24.4. The van der Waals surface area contributed by atoms with Gasteiger partial charge in [0.1, 0.15) is 30.0 Å². The smallest absolute Gasteiger partial charge is 0.229 e. The minimum Gasteiger partial charge on any atom is -0.324 e. The molecule has 0 radical (unpaired) electrons. The Hall–Kier alpha value is -3.27. The Balaban J connectivity index is 1.46. The summed E-state index contributed by atoms with van der Waals surface area (Å²) in [5.74, 6) is 1.76. The SMILES string of the molecule is CN1Cc2cc(Nc3ncc(C#N)c(Nc4cccc(P(C)(C)=O)n4)n3)cc3c2[C@@H](CCC3)C1(C)C. The van der Waals surface area contributed by atoms with E-state index in [1.807, 2.05) is 0 Å². The molecule has 0 bridgehead atoms. The molecular formula is C27H32N7OP. The second-order valence-corrected chi connectivity index (χ2v) is 13.9. The Labute approximate surface area is 212 Å². The molecule has 36 heavy (non-hydrogen) atoms. The van der Waals surface area contributed by atoms with Crippen LogP contribution in [-0.4, -0.2) is 45.8 Å². The van der Waals surface area contributed by atoms with Crippen molar-refractivity contribution < 1.29 is 4.57 Å². The quantitative estimate of drug-likeness (QED) is 0.464. The second kappa shape index (κ2) is 8.99. The van der Waals surface area contributed by atoms with E-state index >= 15 is 0 Å². The van der Waals surface area contributed by atoms with Crippen molar-refractivity contribution in [2.75, 3.05) is 31.0 Å². The van der Waals surface area contributed by atoms with Crippen LogP contribution in [0.1, 0.15) is 54.9 Å². The zero-order chi connectivity index (χ0) is 25.7. The molecule has 3 heterocycles. The van der Waals surface area contributed by atoms with Crippen molar-refractivity contribution in [3.63, 3.8) is 0 Å². The molecule has 5 rings (SSSR count). The van der Waals surface area contributed by atoms with Crippen molar-refractivity contribution in [2.24, 2.45) is 0 Å². The van der Waals surface area contributed by atoms with Crippen LogP contribution in [0.4, 0.5) is 23.3 Å². The van der Waals surface area contributed by atoms with Crippen molar-refractivity contribution in [1.82, 2.24) is 19.9 Å². The molecule has 3 aromatic rings. The molecule has 1 aliphatic heterocycles. The molecule has 1 atom stereocenters. The molecule has 8 nitrogen and oxygen atoms in total. The first-order valence-electron chi connectivity index (χ1n) is 12.3. The average Bonchev–Trinajstić information content (AvgIpc) is 2.82. The number of nitrogens with one attached hydrogen (secondary N) is 2. The van der Waals surface area contributed by atoms with Crippen LogP contribution >= 0.6 is 7.14 Å². The maximum atomic E-state index is 12.5. The van der Waals surface area contributed by atoms with E-state index in [0.717, 1.165) is 18.7 Å². The number of benzene rings is 1. The lowest BCUT2D eigenvalue weighted by molar-refractivity contribution is 0.0910. The standard InChI is InChI=1S/C27H32N7OP/c1-27(2)21-9-6-8-17-12-20(13-18(24(17)21)16-34(27)3)30-26-29-15-19(14-28)25(33-26)32-22-10-7-11-23(31-22)36(4,5)35/h7,10-13,15,21H,6,8-9,16H2,1-5H3,(H2,29,30,31,32,33)/t21-/m1/s1. The van der Waals surface area contributed by atoms with E-state index in [9.17, 15) is 9.83 Å². The van der Waals surface area contributed by atoms with Crippen molar-refractivity contribution in [3.05, 3.63) is 58.8 Å². The molecule has 2 aliphatic rings. The number of aromatic nitrogens is 3. The van der Waals surface area contributed by atoms with Gasteiger partial charge in [0, 0.05) is 23.7 Å². The van der Waals surface area contributed by atoms with Gasteiger partial charge in [-0.25, -0.2) is 9.97 Å². The second-order valence-electron chi connectivity index (χ2n) is 10.7. The number of nitrogens with zero attached hydrogens (tertiary/aromatic N) is 5.